The van der Waals surface area contributed by atoms with Crippen LogP contribution in [-0.4, -0.2) is 44.1 Å². The van der Waals surface area contributed by atoms with E-state index >= 15 is 0 Å². The summed E-state index contributed by atoms with van der Waals surface area (Å²) in [5, 5.41) is 11.5. The summed E-state index contributed by atoms with van der Waals surface area (Å²) in [6.45, 7) is 5.52. The molecule has 11 heteroatoms. The minimum Gasteiger partial charge on any atom is -0.507 e. The van der Waals surface area contributed by atoms with Crippen molar-refractivity contribution in [3.63, 3.8) is 0 Å². The van der Waals surface area contributed by atoms with E-state index in [4.69, 9.17) is 32.7 Å². The van der Waals surface area contributed by atoms with E-state index in [1.54, 1.807) is 12.1 Å². The lowest BCUT2D eigenvalue weighted by Crippen LogP contribution is -2.29. The second-order valence-electron chi connectivity index (χ2n) is 8.82. The van der Waals surface area contributed by atoms with Crippen LogP contribution in [0.25, 0.3) is 5.76 Å². The van der Waals surface area contributed by atoms with Gasteiger partial charge in [0.25, 0.3) is 11.7 Å². The van der Waals surface area contributed by atoms with Gasteiger partial charge in [-0.05, 0) is 49.7 Å². The number of aliphatic hydroxyl groups is 1. The third kappa shape index (κ3) is 4.95. The monoisotopic (exact) mass is 590 g/mol. The first-order valence-electron chi connectivity index (χ1n) is 12.3. The molecule has 0 bridgehead atoms. The van der Waals surface area contributed by atoms with Crippen LogP contribution in [0.1, 0.15) is 31.0 Å². The van der Waals surface area contributed by atoms with E-state index in [-0.39, 0.29) is 38.4 Å². The number of carbonyl (C=O) groups is 2. The van der Waals surface area contributed by atoms with Gasteiger partial charge in [0.1, 0.15) is 10.8 Å². The lowest BCUT2D eigenvalue weighted by Gasteiger charge is -2.27. The van der Waals surface area contributed by atoms with Crippen molar-refractivity contribution in [1.82, 2.24) is 0 Å². The van der Waals surface area contributed by atoms with Crippen LogP contribution in [0.4, 0.5) is 20.2 Å². The van der Waals surface area contributed by atoms with Gasteiger partial charge in [-0.3, -0.25) is 14.5 Å². The molecule has 7 nitrogen and oxygen atoms in total. The van der Waals surface area contributed by atoms with Crippen molar-refractivity contribution in [2.24, 2.45) is 0 Å². The highest BCUT2D eigenvalue weighted by Crippen LogP contribution is 2.48. The molecule has 1 N–H and O–H groups in total. The van der Waals surface area contributed by atoms with Crippen molar-refractivity contribution in [1.29, 1.82) is 0 Å². The van der Waals surface area contributed by atoms with Gasteiger partial charge < -0.3 is 19.5 Å². The molecule has 1 fully saturated rings. The Morgan fingerprint density at radius 3 is 2.12 bits per heavy atom. The molecule has 0 radical (unpaired) electrons. The number of hydrogen-bond donors (Lipinski definition) is 1. The van der Waals surface area contributed by atoms with Crippen molar-refractivity contribution >= 4 is 52.0 Å². The predicted molar refractivity (Wildman–Crippen MR) is 151 cm³/mol. The quantitative estimate of drug-likeness (QED) is 0.177. The largest absolute Gasteiger partial charge is 0.507 e. The van der Waals surface area contributed by atoms with Crippen LogP contribution in [0, 0.1) is 11.6 Å². The van der Waals surface area contributed by atoms with Gasteiger partial charge in [0.2, 0.25) is 0 Å². The second kappa shape index (κ2) is 11.7. The van der Waals surface area contributed by atoms with Crippen LogP contribution in [0.5, 0.6) is 11.5 Å². The number of Topliss-reactive ketones (excluding diaryl/α,β-unsaturated/α-hetero) is 1. The smallest absolute Gasteiger partial charge is 0.300 e. The number of halogens is 4. The summed E-state index contributed by atoms with van der Waals surface area (Å²) in [6.07, 6.45) is 0. The Morgan fingerprint density at radius 2 is 1.57 bits per heavy atom. The third-order valence-corrected chi connectivity index (χ3v) is 7.38. The van der Waals surface area contributed by atoms with Gasteiger partial charge in [-0.15, -0.1) is 0 Å². The molecule has 1 unspecified atom stereocenters. The molecule has 0 spiro atoms. The first kappa shape index (κ1) is 29.2. The first-order chi connectivity index (χ1) is 19.1. The summed E-state index contributed by atoms with van der Waals surface area (Å²) >= 11 is 12.7. The van der Waals surface area contributed by atoms with Crippen LogP contribution in [0.3, 0.4) is 0 Å². The maximum absolute atomic E-state index is 14.3. The number of ketones is 1. The van der Waals surface area contributed by atoms with Gasteiger partial charge in [-0.2, -0.15) is 0 Å². The van der Waals surface area contributed by atoms with Gasteiger partial charge in [-0.1, -0.05) is 35.3 Å². The number of hydrogen-bond acceptors (Lipinski definition) is 6. The fourth-order valence-electron chi connectivity index (χ4n) is 4.80. The SMILES string of the molecule is CCN(CC)c1ccc(C2/C(=C(\O)c3cc(Cl)c(OC)c(Cl)c3OC)C(=O)C(=O)N2c2ccc(F)c(F)c2)cc1. The Morgan fingerprint density at radius 1 is 0.950 bits per heavy atom. The van der Waals surface area contributed by atoms with E-state index in [9.17, 15) is 23.5 Å². The maximum Gasteiger partial charge on any atom is 0.300 e. The summed E-state index contributed by atoms with van der Waals surface area (Å²) in [6, 6.07) is 9.99. The predicted octanol–water partition coefficient (Wildman–Crippen LogP) is 6.76. The van der Waals surface area contributed by atoms with Crippen LogP contribution in [-0.2, 0) is 9.59 Å². The van der Waals surface area contributed by atoms with E-state index in [0.717, 1.165) is 35.8 Å². The Bertz CT molecular complexity index is 1510. The topological polar surface area (TPSA) is 79.3 Å². The zero-order valence-corrected chi connectivity index (χ0v) is 23.6. The Hall–Kier alpha value is -3.82. The zero-order chi connectivity index (χ0) is 29.3. The number of nitrogens with zero attached hydrogens (tertiary/aromatic N) is 2. The third-order valence-electron chi connectivity index (χ3n) is 6.76. The van der Waals surface area contributed by atoms with Crippen LogP contribution in [0.2, 0.25) is 10.0 Å². The first-order valence-corrected chi connectivity index (χ1v) is 13.1. The Kier molecular flexibility index (Phi) is 8.56. The van der Waals surface area contributed by atoms with Gasteiger partial charge in [0.15, 0.2) is 23.1 Å². The van der Waals surface area contributed by atoms with Gasteiger partial charge in [0.05, 0.1) is 36.4 Å². The molecule has 40 heavy (non-hydrogen) atoms. The second-order valence-corrected chi connectivity index (χ2v) is 9.60. The van der Waals surface area contributed by atoms with Crippen molar-refractivity contribution < 1.29 is 33.0 Å². The normalized spacial score (nSPS) is 16.4. The number of methoxy groups -OCH3 is 2. The highest BCUT2D eigenvalue weighted by Gasteiger charge is 2.47. The Labute approximate surface area is 240 Å². The van der Waals surface area contributed by atoms with Crippen LogP contribution >= 0.6 is 23.2 Å². The molecule has 1 heterocycles. The molecule has 0 saturated carbocycles. The average Bonchev–Trinajstić information content (AvgIpc) is 3.21. The fourth-order valence-corrected chi connectivity index (χ4v) is 5.48. The van der Waals surface area contributed by atoms with Crippen LogP contribution < -0.4 is 19.3 Å². The van der Waals surface area contributed by atoms with Crippen molar-refractivity contribution in [2.45, 2.75) is 19.9 Å². The molecule has 1 saturated heterocycles. The standard InChI is InChI=1S/C29H26Cl2F2N2O5/c1-5-34(6-2)16-9-7-15(8-10-16)24-22(25(36)18-14-19(30)28(40-4)23(31)27(18)39-3)26(37)29(38)35(24)17-11-12-20(32)21(33)13-17/h7-14,24,36H,5-6H2,1-4H3/b25-22+. The minimum atomic E-state index is -1.21. The number of ether oxygens (including phenoxy) is 2. The maximum atomic E-state index is 14.3. The molecule has 4 rings (SSSR count). The summed E-state index contributed by atoms with van der Waals surface area (Å²) < 4.78 is 38.6. The van der Waals surface area contributed by atoms with E-state index < -0.39 is 35.1 Å². The van der Waals surface area contributed by atoms with Crippen molar-refractivity contribution in [2.75, 3.05) is 37.1 Å². The van der Waals surface area contributed by atoms with E-state index in [1.165, 1.54) is 26.4 Å². The highest BCUT2D eigenvalue weighted by molar-refractivity contribution is 6.52. The number of benzene rings is 3. The summed E-state index contributed by atoms with van der Waals surface area (Å²) in [5.74, 6) is -5.00. The zero-order valence-electron chi connectivity index (χ0n) is 22.1. The number of anilines is 2. The molecular weight excluding hydrogens is 565 g/mol. The summed E-state index contributed by atoms with van der Waals surface area (Å²) in [4.78, 5) is 30.0. The molecule has 3 aromatic carbocycles. The van der Waals surface area contributed by atoms with E-state index in [0.29, 0.717) is 5.56 Å². The lowest BCUT2D eigenvalue weighted by molar-refractivity contribution is -0.132. The minimum absolute atomic E-state index is 0.0183. The van der Waals surface area contributed by atoms with Gasteiger partial charge in [0, 0.05) is 30.5 Å². The van der Waals surface area contributed by atoms with Crippen LogP contribution in [0.15, 0.2) is 54.1 Å². The van der Waals surface area contributed by atoms with Gasteiger partial charge in [-0.25, -0.2) is 8.78 Å². The Balaban J connectivity index is 1.99. The lowest BCUT2D eigenvalue weighted by atomic mass is 9.94. The average molecular weight is 591 g/mol. The molecular formula is C29H26Cl2F2N2O5. The van der Waals surface area contributed by atoms with E-state index in [2.05, 4.69) is 4.90 Å². The number of carbonyl (C=O) groups excluding carboxylic acids is 2. The number of amides is 1. The molecule has 1 aliphatic rings. The summed E-state index contributed by atoms with van der Waals surface area (Å²) in [7, 11) is 2.65. The molecule has 3 aromatic rings. The summed E-state index contributed by atoms with van der Waals surface area (Å²) in [5.41, 5.74) is 0.878. The molecule has 210 valence electrons. The molecule has 1 amide bonds. The molecule has 1 aliphatic heterocycles. The molecule has 0 aliphatic carbocycles. The highest BCUT2D eigenvalue weighted by atomic mass is 35.5. The van der Waals surface area contributed by atoms with Gasteiger partial charge >= 0.3 is 0 Å². The number of aliphatic hydroxyl groups excluding tert-OH is 1. The van der Waals surface area contributed by atoms with Crippen molar-refractivity contribution in [3.8, 4) is 11.5 Å². The fraction of sp³-hybridized carbons (Fsp3) is 0.241. The van der Waals surface area contributed by atoms with E-state index in [1.807, 2.05) is 26.0 Å². The number of rotatable bonds is 8. The van der Waals surface area contributed by atoms with Crippen molar-refractivity contribution in [3.05, 3.63) is 86.9 Å². The molecule has 1 atom stereocenters. The molecule has 0 aromatic heterocycles.